The molecule has 0 saturated carbocycles. The van der Waals surface area contributed by atoms with Gasteiger partial charge in [0.1, 0.15) is 0 Å². The Morgan fingerprint density at radius 3 is 2.85 bits per heavy atom. The minimum Gasteiger partial charge on any atom is -0.494 e. The fourth-order valence-corrected chi connectivity index (χ4v) is 2.37. The van der Waals surface area contributed by atoms with E-state index in [1.54, 1.807) is 0 Å². The summed E-state index contributed by atoms with van der Waals surface area (Å²) in [6, 6.07) is 4.35. The third-order valence-electron chi connectivity index (χ3n) is 3.47. The van der Waals surface area contributed by atoms with Crippen LogP contribution < -0.4 is 4.74 Å². The van der Waals surface area contributed by atoms with Gasteiger partial charge in [-0.3, -0.25) is 9.59 Å². The van der Waals surface area contributed by atoms with E-state index in [1.807, 2.05) is 0 Å². The summed E-state index contributed by atoms with van der Waals surface area (Å²) in [4.78, 5) is 24.7. The molecule has 0 unspecified atom stereocenters. The van der Waals surface area contributed by atoms with Gasteiger partial charge in [-0.2, -0.15) is 0 Å². The second kappa shape index (κ2) is 5.90. The Kier molecular flexibility index (Phi) is 4.22. The number of ether oxygens (including phenoxy) is 1. The first-order valence-electron chi connectivity index (χ1n) is 6.39. The number of hydrogen-bond acceptors (Lipinski definition) is 3. The molecule has 1 N–H and O–H groups in total. The van der Waals surface area contributed by atoms with E-state index < -0.39 is 23.6 Å². The zero-order chi connectivity index (χ0) is 14.7. The smallest absolute Gasteiger partial charge is 0.308 e. The van der Waals surface area contributed by atoms with Crippen molar-refractivity contribution in [2.45, 2.75) is 12.8 Å². The molecule has 0 spiro atoms. The van der Waals surface area contributed by atoms with Crippen LogP contribution in [0.3, 0.4) is 0 Å². The number of carbonyl (C=O) groups is 2. The number of carbonyl (C=O) groups excluding carboxylic acids is 1. The first kappa shape index (κ1) is 14.3. The second-order valence-electron chi connectivity index (χ2n) is 4.75. The molecule has 1 aromatic carbocycles. The Labute approximate surface area is 116 Å². The number of methoxy groups -OCH3 is 1. The van der Waals surface area contributed by atoms with E-state index in [1.165, 1.54) is 30.2 Å². The molecule has 1 saturated heterocycles. The average molecular weight is 281 g/mol. The molecule has 2 rings (SSSR count). The van der Waals surface area contributed by atoms with Gasteiger partial charge in [0.15, 0.2) is 11.6 Å². The molecule has 0 aliphatic carbocycles. The highest BCUT2D eigenvalue weighted by Gasteiger charge is 2.30. The summed E-state index contributed by atoms with van der Waals surface area (Å²) < 4.78 is 18.9. The maximum Gasteiger partial charge on any atom is 0.308 e. The van der Waals surface area contributed by atoms with Gasteiger partial charge < -0.3 is 14.7 Å². The van der Waals surface area contributed by atoms with Crippen LogP contribution in [0.5, 0.6) is 5.75 Å². The van der Waals surface area contributed by atoms with Crippen LogP contribution in [0.1, 0.15) is 23.2 Å². The molecule has 1 fully saturated rings. The van der Waals surface area contributed by atoms with Crippen LogP contribution in [-0.4, -0.2) is 42.1 Å². The Balaban J connectivity index is 2.21. The van der Waals surface area contributed by atoms with E-state index in [0.717, 1.165) is 0 Å². The Morgan fingerprint density at radius 2 is 2.20 bits per heavy atom. The number of nitrogens with zero attached hydrogens (tertiary/aromatic N) is 1. The van der Waals surface area contributed by atoms with Crippen LogP contribution in [0.4, 0.5) is 4.39 Å². The molecule has 0 bridgehead atoms. The van der Waals surface area contributed by atoms with Gasteiger partial charge in [0, 0.05) is 13.1 Å². The number of aliphatic carboxylic acids is 1. The lowest BCUT2D eigenvalue weighted by Gasteiger charge is -2.30. The van der Waals surface area contributed by atoms with Crippen molar-refractivity contribution in [3.8, 4) is 5.75 Å². The molecule has 20 heavy (non-hydrogen) atoms. The summed E-state index contributed by atoms with van der Waals surface area (Å²) in [5.41, 5.74) is -0.0876. The number of benzene rings is 1. The maximum absolute atomic E-state index is 14.0. The molecule has 108 valence electrons. The Hall–Kier alpha value is -2.11. The van der Waals surface area contributed by atoms with Gasteiger partial charge in [-0.05, 0) is 25.0 Å². The molecular formula is C14H16FNO4. The fourth-order valence-electron chi connectivity index (χ4n) is 2.37. The summed E-state index contributed by atoms with van der Waals surface area (Å²) in [5, 5.41) is 9.01. The molecule has 0 radical (unpaired) electrons. The SMILES string of the molecule is COc1cccc(C(=O)N2CCC[C@H](C(=O)O)C2)c1F. The van der Waals surface area contributed by atoms with Crippen LogP contribution in [0.2, 0.25) is 0 Å². The van der Waals surface area contributed by atoms with Gasteiger partial charge in [-0.1, -0.05) is 6.07 Å². The topological polar surface area (TPSA) is 66.8 Å². The first-order chi connectivity index (χ1) is 9.54. The van der Waals surface area contributed by atoms with Crippen molar-refractivity contribution in [1.29, 1.82) is 0 Å². The van der Waals surface area contributed by atoms with Crippen LogP contribution in [0.15, 0.2) is 18.2 Å². The predicted molar refractivity (Wildman–Crippen MR) is 69.2 cm³/mol. The van der Waals surface area contributed by atoms with Gasteiger partial charge in [0.25, 0.3) is 5.91 Å². The van der Waals surface area contributed by atoms with Gasteiger partial charge in [-0.25, -0.2) is 4.39 Å². The van der Waals surface area contributed by atoms with E-state index >= 15 is 0 Å². The number of likely N-dealkylation sites (tertiary alicyclic amines) is 1. The second-order valence-corrected chi connectivity index (χ2v) is 4.75. The Bertz CT molecular complexity index is 532. The van der Waals surface area contributed by atoms with E-state index in [4.69, 9.17) is 9.84 Å². The van der Waals surface area contributed by atoms with Crippen molar-refractivity contribution in [3.63, 3.8) is 0 Å². The summed E-state index contributed by atoms with van der Waals surface area (Å²) in [7, 11) is 1.33. The third-order valence-corrected chi connectivity index (χ3v) is 3.47. The summed E-state index contributed by atoms with van der Waals surface area (Å²) in [5.74, 6) is -2.71. The standard InChI is InChI=1S/C14H16FNO4/c1-20-11-6-2-5-10(12(11)15)13(17)16-7-3-4-9(8-16)14(18)19/h2,5-6,9H,3-4,7-8H2,1H3,(H,18,19)/t9-/m0/s1. The summed E-state index contributed by atoms with van der Waals surface area (Å²) >= 11 is 0. The van der Waals surface area contributed by atoms with Crippen LogP contribution in [0.25, 0.3) is 0 Å². The monoisotopic (exact) mass is 281 g/mol. The number of hydrogen-bond donors (Lipinski definition) is 1. The highest BCUT2D eigenvalue weighted by molar-refractivity contribution is 5.95. The van der Waals surface area contributed by atoms with Gasteiger partial charge in [0.05, 0.1) is 18.6 Å². The predicted octanol–water partition coefficient (Wildman–Crippen LogP) is 1.77. The molecule has 1 atom stereocenters. The average Bonchev–Trinajstić information content (AvgIpc) is 2.47. The van der Waals surface area contributed by atoms with Crippen LogP contribution in [0, 0.1) is 11.7 Å². The number of carboxylic acid groups (broad SMARTS) is 1. The highest BCUT2D eigenvalue weighted by atomic mass is 19.1. The largest absolute Gasteiger partial charge is 0.494 e. The Morgan fingerprint density at radius 1 is 1.45 bits per heavy atom. The lowest BCUT2D eigenvalue weighted by molar-refractivity contribution is -0.143. The lowest BCUT2D eigenvalue weighted by Crippen LogP contribution is -2.42. The van der Waals surface area contributed by atoms with E-state index in [9.17, 15) is 14.0 Å². The number of rotatable bonds is 3. The van der Waals surface area contributed by atoms with Gasteiger partial charge in [0.2, 0.25) is 0 Å². The van der Waals surface area contributed by atoms with E-state index in [2.05, 4.69) is 0 Å². The fraction of sp³-hybridized carbons (Fsp3) is 0.429. The summed E-state index contributed by atoms with van der Waals surface area (Å²) in [6.07, 6.45) is 1.15. The highest BCUT2D eigenvalue weighted by Crippen LogP contribution is 2.24. The quantitative estimate of drug-likeness (QED) is 0.917. The van der Waals surface area contributed by atoms with Crippen LogP contribution >= 0.6 is 0 Å². The zero-order valence-corrected chi connectivity index (χ0v) is 11.1. The van der Waals surface area contributed by atoms with Crippen molar-refractivity contribution in [3.05, 3.63) is 29.6 Å². The maximum atomic E-state index is 14.0. The van der Waals surface area contributed by atoms with Crippen LogP contribution in [-0.2, 0) is 4.79 Å². The molecule has 5 nitrogen and oxygen atoms in total. The molecule has 1 amide bonds. The molecule has 0 aromatic heterocycles. The molecule has 1 aliphatic heterocycles. The third kappa shape index (κ3) is 2.74. The molecule has 1 aromatic rings. The number of amides is 1. The molecular weight excluding hydrogens is 265 g/mol. The minimum atomic E-state index is -0.923. The minimum absolute atomic E-state index is 0.00245. The van der Waals surface area contributed by atoms with Crippen molar-refractivity contribution >= 4 is 11.9 Å². The molecule has 1 aliphatic rings. The van der Waals surface area contributed by atoms with Crippen molar-refractivity contribution < 1.29 is 23.8 Å². The van der Waals surface area contributed by atoms with Crippen molar-refractivity contribution in [2.75, 3.05) is 20.2 Å². The zero-order valence-electron chi connectivity index (χ0n) is 11.1. The normalized spacial score (nSPS) is 18.7. The summed E-state index contributed by atoms with van der Waals surface area (Å²) in [6.45, 7) is 0.560. The lowest BCUT2D eigenvalue weighted by atomic mass is 9.97. The molecule has 1 heterocycles. The van der Waals surface area contributed by atoms with Crippen molar-refractivity contribution in [1.82, 2.24) is 4.90 Å². The van der Waals surface area contributed by atoms with Gasteiger partial charge >= 0.3 is 5.97 Å². The van der Waals surface area contributed by atoms with Gasteiger partial charge in [-0.15, -0.1) is 0 Å². The number of piperidine rings is 1. The first-order valence-corrected chi connectivity index (χ1v) is 6.39. The number of halogens is 1. The number of carboxylic acids is 1. The van der Waals surface area contributed by atoms with E-state index in [0.29, 0.717) is 19.4 Å². The van der Waals surface area contributed by atoms with E-state index in [-0.39, 0.29) is 17.9 Å². The molecule has 6 heteroatoms. The van der Waals surface area contributed by atoms with Crippen molar-refractivity contribution in [2.24, 2.45) is 5.92 Å².